The Kier molecular flexibility index (Phi) is 10.7. The normalized spacial score (nSPS) is 16.8. The van der Waals surface area contributed by atoms with Crippen molar-refractivity contribution in [3.63, 3.8) is 0 Å². The van der Waals surface area contributed by atoms with E-state index in [1.54, 1.807) is 0 Å². The Balaban J connectivity index is 2.19. The number of unbranched alkanes of at least 4 members (excludes halogenated alkanes) is 5. The second kappa shape index (κ2) is 12.3. The fourth-order valence-corrected chi connectivity index (χ4v) is 3.09. The van der Waals surface area contributed by atoms with Crippen LogP contribution in [0.15, 0.2) is 0 Å². The van der Waals surface area contributed by atoms with Gasteiger partial charge in [-0.2, -0.15) is 0 Å². The van der Waals surface area contributed by atoms with Gasteiger partial charge in [-0.3, -0.25) is 14.6 Å². The number of rotatable bonds is 14. The van der Waals surface area contributed by atoms with Crippen LogP contribution in [0, 0.1) is 0 Å². The Morgan fingerprint density at radius 3 is 2.54 bits per heavy atom. The molecule has 1 rings (SSSR count). The average molecular weight is 342 g/mol. The highest BCUT2D eigenvalue weighted by Crippen LogP contribution is 2.16. The SMILES string of the molecule is CCCCCC(O)CCN1CCC(=O)N1CCCCCCC(=O)O. The maximum absolute atomic E-state index is 12.0. The number of aliphatic carboxylic acids is 1. The van der Waals surface area contributed by atoms with Gasteiger partial charge < -0.3 is 10.2 Å². The van der Waals surface area contributed by atoms with E-state index in [0.29, 0.717) is 25.8 Å². The van der Waals surface area contributed by atoms with E-state index >= 15 is 0 Å². The molecule has 0 aromatic carbocycles. The number of hydrogen-bond donors (Lipinski definition) is 2. The summed E-state index contributed by atoms with van der Waals surface area (Å²) in [6, 6.07) is 0. The lowest BCUT2D eigenvalue weighted by Gasteiger charge is -2.28. The molecule has 6 nitrogen and oxygen atoms in total. The summed E-state index contributed by atoms with van der Waals surface area (Å²) >= 11 is 0. The minimum atomic E-state index is -0.742. The van der Waals surface area contributed by atoms with Crippen LogP contribution in [-0.4, -0.2) is 57.8 Å². The van der Waals surface area contributed by atoms with Gasteiger partial charge in [0.05, 0.1) is 6.10 Å². The van der Waals surface area contributed by atoms with Crippen LogP contribution in [0.4, 0.5) is 0 Å². The topological polar surface area (TPSA) is 81.1 Å². The van der Waals surface area contributed by atoms with Gasteiger partial charge in [0.15, 0.2) is 0 Å². The molecule has 0 aromatic heterocycles. The molecule has 1 aliphatic rings. The van der Waals surface area contributed by atoms with Crippen molar-refractivity contribution in [2.75, 3.05) is 19.6 Å². The van der Waals surface area contributed by atoms with Gasteiger partial charge in [-0.1, -0.05) is 39.0 Å². The molecule has 1 heterocycles. The molecule has 2 N–H and O–H groups in total. The van der Waals surface area contributed by atoms with Gasteiger partial charge in [0.1, 0.15) is 0 Å². The molecule has 1 fully saturated rings. The summed E-state index contributed by atoms with van der Waals surface area (Å²) in [6.07, 6.45) is 8.91. The summed E-state index contributed by atoms with van der Waals surface area (Å²) in [4.78, 5) is 22.5. The molecule has 0 spiro atoms. The van der Waals surface area contributed by atoms with E-state index in [9.17, 15) is 14.7 Å². The average Bonchev–Trinajstić information content (AvgIpc) is 2.89. The van der Waals surface area contributed by atoms with Gasteiger partial charge in [0.2, 0.25) is 5.91 Å². The third kappa shape index (κ3) is 8.64. The number of nitrogens with zero attached hydrogens (tertiary/aromatic N) is 2. The number of carboxylic acids is 1. The molecule has 24 heavy (non-hydrogen) atoms. The Morgan fingerprint density at radius 2 is 1.83 bits per heavy atom. The number of hydrazine groups is 1. The quantitative estimate of drug-likeness (QED) is 0.474. The van der Waals surface area contributed by atoms with E-state index in [-0.39, 0.29) is 18.4 Å². The molecule has 0 bridgehead atoms. The summed E-state index contributed by atoms with van der Waals surface area (Å²) in [5, 5.41) is 22.5. The largest absolute Gasteiger partial charge is 0.481 e. The predicted molar refractivity (Wildman–Crippen MR) is 93.4 cm³/mol. The maximum atomic E-state index is 12.0. The van der Waals surface area contributed by atoms with Crippen molar-refractivity contribution in [2.24, 2.45) is 0 Å². The molecule has 0 aromatic rings. The van der Waals surface area contributed by atoms with E-state index < -0.39 is 5.97 Å². The van der Waals surface area contributed by atoms with Crippen LogP contribution in [0.5, 0.6) is 0 Å². The summed E-state index contributed by atoms with van der Waals surface area (Å²) in [6.45, 7) is 4.34. The smallest absolute Gasteiger partial charge is 0.303 e. The van der Waals surface area contributed by atoms with Crippen LogP contribution < -0.4 is 0 Å². The zero-order valence-corrected chi connectivity index (χ0v) is 15.1. The Hall–Kier alpha value is -1.14. The summed E-state index contributed by atoms with van der Waals surface area (Å²) in [5.74, 6) is -0.575. The van der Waals surface area contributed by atoms with Gasteiger partial charge in [0.25, 0.3) is 0 Å². The summed E-state index contributed by atoms with van der Waals surface area (Å²) in [5.41, 5.74) is 0. The van der Waals surface area contributed by atoms with Crippen LogP contribution >= 0.6 is 0 Å². The van der Waals surface area contributed by atoms with Crippen LogP contribution in [0.2, 0.25) is 0 Å². The number of hydrogen-bond acceptors (Lipinski definition) is 4. The summed E-state index contributed by atoms with van der Waals surface area (Å²) in [7, 11) is 0. The van der Waals surface area contributed by atoms with Crippen LogP contribution in [0.1, 0.15) is 77.6 Å². The first kappa shape index (κ1) is 20.9. The van der Waals surface area contributed by atoms with E-state index in [1.165, 1.54) is 0 Å². The molecule has 1 atom stereocenters. The fourth-order valence-electron chi connectivity index (χ4n) is 3.09. The van der Waals surface area contributed by atoms with Crippen molar-refractivity contribution in [2.45, 2.75) is 83.7 Å². The molecule has 0 saturated carbocycles. The highest BCUT2D eigenvalue weighted by molar-refractivity contribution is 5.77. The lowest BCUT2D eigenvalue weighted by molar-refractivity contribution is -0.138. The van der Waals surface area contributed by atoms with Crippen LogP contribution in [0.25, 0.3) is 0 Å². The van der Waals surface area contributed by atoms with Crippen molar-refractivity contribution in [3.8, 4) is 0 Å². The Bertz CT molecular complexity index is 376. The van der Waals surface area contributed by atoms with Crippen molar-refractivity contribution in [1.29, 1.82) is 0 Å². The molecular weight excluding hydrogens is 308 g/mol. The molecule has 140 valence electrons. The zero-order valence-electron chi connectivity index (χ0n) is 15.1. The molecule has 0 radical (unpaired) electrons. The second-order valence-electron chi connectivity index (χ2n) is 6.72. The molecule has 1 aliphatic heterocycles. The van der Waals surface area contributed by atoms with Crippen molar-refractivity contribution in [1.82, 2.24) is 10.0 Å². The summed E-state index contributed by atoms with van der Waals surface area (Å²) < 4.78 is 0. The molecule has 0 aliphatic carbocycles. The van der Waals surface area contributed by atoms with E-state index in [2.05, 4.69) is 11.9 Å². The first-order valence-electron chi connectivity index (χ1n) is 9.49. The van der Waals surface area contributed by atoms with E-state index in [4.69, 9.17) is 5.11 Å². The van der Waals surface area contributed by atoms with Crippen molar-refractivity contribution < 1.29 is 19.8 Å². The van der Waals surface area contributed by atoms with Crippen LogP contribution in [-0.2, 0) is 9.59 Å². The monoisotopic (exact) mass is 342 g/mol. The predicted octanol–water partition coefficient (Wildman–Crippen LogP) is 2.80. The third-order valence-corrected chi connectivity index (χ3v) is 4.58. The van der Waals surface area contributed by atoms with Crippen LogP contribution in [0.3, 0.4) is 0 Å². The standard InChI is InChI=1S/C18H34N2O4/c1-2-3-6-9-16(21)11-14-19-15-12-17(22)20(19)13-8-5-4-7-10-18(23)24/h16,21H,2-15H2,1H3,(H,23,24). The number of carboxylic acid groups (broad SMARTS) is 1. The molecular formula is C18H34N2O4. The fraction of sp³-hybridized carbons (Fsp3) is 0.889. The number of amides is 1. The van der Waals surface area contributed by atoms with Gasteiger partial charge in [-0.25, -0.2) is 5.01 Å². The number of carbonyl (C=O) groups excluding carboxylic acids is 1. The number of aliphatic hydroxyl groups is 1. The zero-order chi connectivity index (χ0) is 17.8. The highest BCUT2D eigenvalue weighted by Gasteiger charge is 2.28. The molecule has 1 amide bonds. The van der Waals surface area contributed by atoms with Crippen molar-refractivity contribution in [3.05, 3.63) is 0 Å². The van der Waals surface area contributed by atoms with Crippen molar-refractivity contribution >= 4 is 11.9 Å². The highest BCUT2D eigenvalue weighted by atomic mass is 16.4. The van der Waals surface area contributed by atoms with Gasteiger partial charge >= 0.3 is 5.97 Å². The lowest BCUT2D eigenvalue weighted by atomic mass is 10.1. The third-order valence-electron chi connectivity index (χ3n) is 4.58. The number of aliphatic hydroxyl groups excluding tert-OH is 1. The number of carbonyl (C=O) groups is 2. The molecule has 6 heteroatoms. The van der Waals surface area contributed by atoms with E-state index in [1.807, 2.05) is 5.01 Å². The lowest BCUT2D eigenvalue weighted by Crippen LogP contribution is -2.41. The van der Waals surface area contributed by atoms with E-state index in [0.717, 1.165) is 58.0 Å². The minimum Gasteiger partial charge on any atom is -0.481 e. The Labute approximate surface area is 145 Å². The van der Waals surface area contributed by atoms with Gasteiger partial charge in [-0.05, 0) is 25.7 Å². The maximum Gasteiger partial charge on any atom is 0.303 e. The molecule has 1 saturated heterocycles. The van der Waals surface area contributed by atoms with Gasteiger partial charge in [-0.15, -0.1) is 0 Å². The minimum absolute atomic E-state index is 0.168. The first-order valence-corrected chi connectivity index (χ1v) is 9.49. The Morgan fingerprint density at radius 1 is 1.08 bits per heavy atom. The second-order valence-corrected chi connectivity index (χ2v) is 6.72. The van der Waals surface area contributed by atoms with Gasteiger partial charge in [0, 0.05) is 32.5 Å². The first-order chi connectivity index (χ1) is 11.5. The molecule has 1 unspecified atom stereocenters.